The van der Waals surface area contributed by atoms with Crippen molar-refractivity contribution >= 4 is 0 Å². The highest BCUT2D eigenvalue weighted by Gasteiger charge is 2.14. The van der Waals surface area contributed by atoms with E-state index in [1.165, 1.54) is 6.42 Å². The summed E-state index contributed by atoms with van der Waals surface area (Å²) in [5, 5.41) is 4.41. The van der Waals surface area contributed by atoms with Crippen molar-refractivity contribution in [1.29, 1.82) is 0 Å². The zero-order chi connectivity index (χ0) is 13.1. The largest absolute Gasteiger partial charge is 0.477 e. The average molecular weight is 238 g/mol. The first-order valence-corrected chi connectivity index (χ1v) is 6.37. The third-order valence-electron chi connectivity index (χ3n) is 2.57. The molecule has 0 N–H and O–H groups in total. The van der Waals surface area contributed by atoms with Crippen molar-refractivity contribution in [2.45, 2.75) is 59.9 Å². The summed E-state index contributed by atoms with van der Waals surface area (Å²) in [6.45, 7) is 13.9. The summed E-state index contributed by atoms with van der Waals surface area (Å²) in [6.07, 6.45) is 4.22. The first kappa shape index (κ1) is 14.1. The fraction of sp³-hybridized carbons (Fsp3) is 0.786. The van der Waals surface area contributed by atoms with Crippen LogP contribution in [0.5, 0.6) is 5.88 Å². The molecule has 0 aliphatic carbocycles. The number of hydrogen-bond acceptors (Lipinski definition) is 2. The van der Waals surface area contributed by atoms with Crippen molar-refractivity contribution in [3.05, 3.63) is 12.3 Å². The van der Waals surface area contributed by atoms with Gasteiger partial charge in [0.05, 0.1) is 12.1 Å². The van der Waals surface area contributed by atoms with Crippen molar-refractivity contribution in [1.82, 2.24) is 9.78 Å². The molecule has 0 spiro atoms. The zero-order valence-corrected chi connectivity index (χ0v) is 12.1. The maximum atomic E-state index is 5.65. The highest BCUT2D eigenvalue weighted by Crippen LogP contribution is 2.21. The molecule has 0 aliphatic rings. The van der Waals surface area contributed by atoms with Gasteiger partial charge in [0, 0.05) is 12.3 Å². The molecule has 0 saturated heterocycles. The molecule has 1 aromatic heterocycles. The third-order valence-corrected chi connectivity index (χ3v) is 2.57. The van der Waals surface area contributed by atoms with Crippen LogP contribution < -0.4 is 4.74 Å². The van der Waals surface area contributed by atoms with E-state index >= 15 is 0 Å². The van der Waals surface area contributed by atoms with E-state index in [1.54, 1.807) is 0 Å². The lowest BCUT2D eigenvalue weighted by molar-refractivity contribution is 0.253. The molecular formula is C14H26N2O. The fourth-order valence-corrected chi connectivity index (χ4v) is 1.54. The second kappa shape index (κ2) is 5.11. The summed E-state index contributed by atoms with van der Waals surface area (Å²) in [7, 11) is 0. The number of ether oxygens (including phenoxy) is 1. The third kappa shape index (κ3) is 5.24. The summed E-state index contributed by atoms with van der Waals surface area (Å²) in [6, 6.07) is 1.93. The highest BCUT2D eigenvalue weighted by atomic mass is 16.5. The van der Waals surface area contributed by atoms with Gasteiger partial charge in [0.1, 0.15) is 0 Å². The number of hydrogen-bond donors (Lipinski definition) is 0. The molecule has 0 bridgehead atoms. The van der Waals surface area contributed by atoms with Gasteiger partial charge < -0.3 is 4.74 Å². The Bertz CT molecular complexity index is 342. The predicted octanol–water partition coefficient (Wildman–Crippen LogP) is 3.84. The van der Waals surface area contributed by atoms with Crippen LogP contribution in [0.4, 0.5) is 0 Å². The van der Waals surface area contributed by atoms with Crippen molar-refractivity contribution in [2.24, 2.45) is 5.41 Å². The molecule has 3 heteroatoms. The number of nitrogens with zero attached hydrogens (tertiary/aromatic N) is 2. The highest BCUT2D eigenvalue weighted by molar-refractivity contribution is 5.06. The molecule has 0 amide bonds. The molecule has 98 valence electrons. The van der Waals surface area contributed by atoms with Gasteiger partial charge in [-0.25, -0.2) is 0 Å². The van der Waals surface area contributed by atoms with Crippen molar-refractivity contribution in [3.8, 4) is 5.88 Å². The quantitative estimate of drug-likeness (QED) is 0.745. The molecule has 1 heterocycles. The molecule has 0 aromatic carbocycles. The van der Waals surface area contributed by atoms with E-state index in [1.807, 2.05) is 16.9 Å². The second-order valence-corrected chi connectivity index (χ2v) is 6.78. The summed E-state index contributed by atoms with van der Waals surface area (Å²) in [5.74, 6) is 0.730. The van der Waals surface area contributed by atoms with E-state index in [9.17, 15) is 0 Å². The van der Waals surface area contributed by atoms with Crippen LogP contribution in [0.1, 0.15) is 54.4 Å². The fourth-order valence-electron chi connectivity index (χ4n) is 1.54. The molecule has 0 saturated carbocycles. The van der Waals surface area contributed by atoms with Crippen molar-refractivity contribution in [2.75, 3.05) is 6.61 Å². The first-order chi connectivity index (χ1) is 7.68. The van der Waals surface area contributed by atoms with Crippen LogP contribution in [0, 0.1) is 5.41 Å². The van der Waals surface area contributed by atoms with Crippen LogP contribution in [0.2, 0.25) is 0 Å². The average Bonchev–Trinajstić information content (AvgIpc) is 2.58. The van der Waals surface area contributed by atoms with Crippen LogP contribution in [0.25, 0.3) is 0 Å². The normalized spacial score (nSPS) is 12.8. The SMILES string of the molecule is CC(C)(C)CCCOc1ccn(C(C)(C)C)n1. The topological polar surface area (TPSA) is 27.1 Å². The van der Waals surface area contributed by atoms with Gasteiger partial charge >= 0.3 is 0 Å². The van der Waals surface area contributed by atoms with E-state index in [2.05, 4.69) is 46.6 Å². The predicted molar refractivity (Wildman–Crippen MR) is 71.4 cm³/mol. The van der Waals surface area contributed by atoms with Gasteiger partial charge in [0.2, 0.25) is 5.88 Å². The van der Waals surface area contributed by atoms with E-state index in [0.717, 1.165) is 18.9 Å². The molecule has 0 atom stereocenters. The Kier molecular flexibility index (Phi) is 4.23. The summed E-state index contributed by atoms with van der Waals surface area (Å²) >= 11 is 0. The van der Waals surface area contributed by atoms with Crippen LogP contribution in [0.3, 0.4) is 0 Å². The maximum absolute atomic E-state index is 5.65. The van der Waals surface area contributed by atoms with Gasteiger partial charge in [-0.1, -0.05) is 20.8 Å². The van der Waals surface area contributed by atoms with E-state index in [-0.39, 0.29) is 5.54 Å². The minimum absolute atomic E-state index is 0.0209. The van der Waals surface area contributed by atoms with Crippen LogP contribution in [0.15, 0.2) is 12.3 Å². The molecule has 0 unspecified atom stereocenters. The summed E-state index contributed by atoms with van der Waals surface area (Å²) in [5.41, 5.74) is 0.404. The molecule has 1 aromatic rings. The lowest BCUT2D eigenvalue weighted by Gasteiger charge is -2.19. The summed E-state index contributed by atoms with van der Waals surface area (Å²) < 4.78 is 7.58. The van der Waals surface area contributed by atoms with Gasteiger partial charge in [0.25, 0.3) is 0 Å². The van der Waals surface area contributed by atoms with E-state index < -0.39 is 0 Å². The van der Waals surface area contributed by atoms with Crippen molar-refractivity contribution in [3.63, 3.8) is 0 Å². The Balaban J connectivity index is 2.36. The first-order valence-electron chi connectivity index (χ1n) is 6.37. The Morgan fingerprint density at radius 1 is 1.18 bits per heavy atom. The lowest BCUT2D eigenvalue weighted by atomic mass is 9.91. The molecule has 3 nitrogen and oxygen atoms in total. The monoisotopic (exact) mass is 238 g/mol. The molecular weight excluding hydrogens is 212 g/mol. The molecule has 1 rings (SSSR count). The maximum Gasteiger partial charge on any atom is 0.232 e. The molecule has 0 aliphatic heterocycles. The standard InChI is InChI=1S/C14H26N2O/c1-13(2,3)9-7-11-17-12-8-10-16(15-12)14(4,5)6/h8,10H,7,9,11H2,1-6H3. The number of rotatable bonds is 4. The lowest BCUT2D eigenvalue weighted by Crippen LogP contribution is -2.22. The zero-order valence-electron chi connectivity index (χ0n) is 12.1. The van der Waals surface area contributed by atoms with Gasteiger partial charge in [-0.15, -0.1) is 5.10 Å². The minimum atomic E-state index is 0.0209. The van der Waals surface area contributed by atoms with Gasteiger partial charge in [-0.2, -0.15) is 0 Å². The Labute approximate surface area is 105 Å². The smallest absolute Gasteiger partial charge is 0.232 e. The van der Waals surface area contributed by atoms with Crippen LogP contribution >= 0.6 is 0 Å². The Morgan fingerprint density at radius 2 is 1.82 bits per heavy atom. The number of aromatic nitrogens is 2. The minimum Gasteiger partial charge on any atom is -0.477 e. The van der Waals surface area contributed by atoms with Gasteiger partial charge in [-0.05, 0) is 39.0 Å². The molecule has 0 radical (unpaired) electrons. The van der Waals surface area contributed by atoms with E-state index in [4.69, 9.17) is 4.74 Å². The van der Waals surface area contributed by atoms with Crippen LogP contribution in [-0.4, -0.2) is 16.4 Å². The second-order valence-electron chi connectivity index (χ2n) is 6.78. The molecule has 17 heavy (non-hydrogen) atoms. The van der Waals surface area contributed by atoms with E-state index in [0.29, 0.717) is 5.41 Å². The Hall–Kier alpha value is -0.990. The summed E-state index contributed by atoms with van der Waals surface area (Å²) in [4.78, 5) is 0. The molecule has 0 fully saturated rings. The van der Waals surface area contributed by atoms with Gasteiger partial charge in [0.15, 0.2) is 0 Å². The Morgan fingerprint density at radius 3 is 2.29 bits per heavy atom. The van der Waals surface area contributed by atoms with Crippen LogP contribution in [-0.2, 0) is 5.54 Å². The van der Waals surface area contributed by atoms with Crippen molar-refractivity contribution < 1.29 is 4.74 Å². The van der Waals surface area contributed by atoms with Gasteiger partial charge in [-0.3, -0.25) is 4.68 Å².